The second-order valence-electron chi connectivity index (χ2n) is 4.84. The molecule has 0 fully saturated rings. The maximum Gasteiger partial charge on any atom is 0.252 e. The van der Waals surface area contributed by atoms with E-state index in [0.717, 1.165) is 22.7 Å². The Labute approximate surface area is 123 Å². The second kappa shape index (κ2) is 6.05. The summed E-state index contributed by atoms with van der Waals surface area (Å²) in [6.07, 6.45) is 0.806. The SMILES string of the molecule is CCC(NC(=O)c1cc(N)ccc1C)c1nc(C)cs1. The smallest absolute Gasteiger partial charge is 0.252 e. The van der Waals surface area contributed by atoms with Crippen LogP contribution < -0.4 is 11.1 Å². The molecule has 1 atom stereocenters. The van der Waals surface area contributed by atoms with E-state index >= 15 is 0 Å². The zero-order chi connectivity index (χ0) is 14.7. The molecule has 1 aromatic carbocycles. The lowest BCUT2D eigenvalue weighted by Crippen LogP contribution is -2.28. The van der Waals surface area contributed by atoms with E-state index in [1.807, 2.05) is 32.2 Å². The van der Waals surface area contributed by atoms with Gasteiger partial charge in [0.2, 0.25) is 0 Å². The van der Waals surface area contributed by atoms with Crippen molar-refractivity contribution >= 4 is 22.9 Å². The third-order valence-corrected chi connectivity index (χ3v) is 4.23. The zero-order valence-corrected chi connectivity index (χ0v) is 12.8. The Hall–Kier alpha value is -1.88. The number of benzene rings is 1. The highest BCUT2D eigenvalue weighted by Gasteiger charge is 2.18. The summed E-state index contributed by atoms with van der Waals surface area (Å²) in [5, 5.41) is 5.97. The summed E-state index contributed by atoms with van der Waals surface area (Å²) in [7, 11) is 0. The van der Waals surface area contributed by atoms with Gasteiger partial charge in [0, 0.05) is 22.3 Å². The summed E-state index contributed by atoms with van der Waals surface area (Å²) in [4.78, 5) is 16.8. The van der Waals surface area contributed by atoms with Crippen molar-refractivity contribution in [2.75, 3.05) is 5.73 Å². The molecular weight excluding hydrogens is 270 g/mol. The Morgan fingerprint density at radius 1 is 1.45 bits per heavy atom. The topological polar surface area (TPSA) is 68.0 Å². The minimum atomic E-state index is -0.102. The highest BCUT2D eigenvalue weighted by molar-refractivity contribution is 7.09. The molecule has 0 aliphatic rings. The van der Waals surface area contributed by atoms with E-state index in [-0.39, 0.29) is 11.9 Å². The molecule has 3 N–H and O–H groups in total. The lowest BCUT2D eigenvalue weighted by Gasteiger charge is -2.15. The van der Waals surface area contributed by atoms with E-state index < -0.39 is 0 Å². The number of hydrogen-bond acceptors (Lipinski definition) is 4. The molecule has 106 valence electrons. The van der Waals surface area contributed by atoms with Gasteiger partial charge in [-0.25, -0.2) is 4.98 Å². The maximum atomic E-state index is 12.4. The first-order chi connectivity index (χ1) is 9.51. The number of anilines is 1. The Kier molecular flexibility index (Phi) is 4.39. The van der Waals surface area contributed by atoms with Gasteiger partial charge < -0.3 is 11.1 Å². The summed E-state index contributed by atoms with van der Waals surface area (Å²) in [6.45, 7) is 5.90. The maximum absolute atomic E-state index is 12.4. The number of aryl methyl sites for hydroxylation is 2. The van der Waals surface area contributed by atoms with E-state index in [9.17, 15) is 4.79 Å². The number of hydrogen-bond donors (Lipinski definition) is 2. The van der Waals surface area contributed by atoms with Crippen LogP contribution in [0.15, 0.2) is 23.6 Å². The molecule has 0 radical (unpaired) electrons. The quantitative estimate of drug-likeness (QED) is 0.849. The first-order valence-corrected chi connectivity index (χ1v) is 7.48. The normalized spacial score (nSPS) is 12.2. The van der Waals surface area contributed by atoms with Gasteiger partial charge >= 0.3 is 0 Å². The van der Waals surface area contributed by atoms with Crippen molar-refractivity contribution in [3.8, 4) is 0 Å². The first kappa shape index (κ1) is 14.5. The molecule has 4 nitrogen and oxygen atoms in total. The monoisotopic (exact) mass is 289 g/mol. The minimum absolute atomic E-state index is 0.0537. The standard InChI is InChI=1S/C15H19N3OS/c1-4-13(15-17-10(3)8-20-15)18-14(19)12-7-11(16)6-5-9(12)2/h5-8,13H,4,16H2,1-3H3,(H,18,19). The summed E-state index contributed by atoms with van der Waals surface area (Å²) >= 11 is 1.58. The molecule has 2 aromatic rings. The number of nitrogen functional groups attached to an aromatic ring is 1. The molecule has 2 rings (SSSR count). The fourth-order valence-electron chi connectivity index (χ4n) is 1.99. The summed E-state index contributed by atoms with van der Waals surface area (Å²) in [5.74, 6) is -0.102. The molecule has 0 saturated heterocycles. The number of rotatable bonds is 4. The van der Waals surface area contributed by atoms with Crippen molar-refractivity contribution < 1.29 is 4.79 Å². The van der Waals surface area contributed by atoms with E-state index in [1.165, 1.54) is 0 Å². The third kappa shape index (κ3) is 3.17. The fraction of sp³-hybridized carbons (Fsp3) is 0.333. The molecule has 0 aliphatic heterocycles. The van der Waals surface area contributed by atoms with Gasteiger partial charge in [-0.2, -0.15) is 0 Å². The lowest BCUT2D eigenvalue weighted by molar-refractivity contribution is 0.0935. The van der Waals surface area contributed by atoms with Crippen LogP contribution in [0, 0.1) is 13.8 Å². The van der Waals surface area contributed by atoms with Gasteiger partial charge in [-0.3, -0.25) is 4.79 Å². The Balaban J connectivity index is 2.19. The summed E-state index contributed by atoms with van der Waals surface area (Å²) in [5.41, 5.74) is 8.87. The molecular formula is C15H19N3OS. The van der Waals surface area contributed by atoms with Gasteiger partial charge in [0.25, 0.3) is 5.91 Å². The molecule has 1 heterocycles. The Morgan fingerprint density at radius 3 is 2.80 bits per heavy atom. The van der Waals surface area contributed by atoms with Gasteiger partial charge in [-0.1, -0.05) is 13.0 Å². The molecule has 5 heteroatoms. The average Bonchev–Trinajstić information content (AvgIpc) is 2.85. The van der Waals surface area contributed by atoms with Gasteiger partial charge in [-0.15, -0.1) is 11.3 Å². The van der Waals surface area contributed by atoms with Crippen LogP contribution in [0.3, 0.4) is 0 Å². The third-order valence-electron chi connectivity index (χ3n) is 3.15. The number of nitrogens with two attached hydrogens (primary N) is 1. The number of aromatic nitrogens is 1. The van der Waals surface area contributed by atoms with E-state index in [1.54, 1.807) is 23.5 Å². The van der Waals surface area contributed by atoms with Crippen LogP contribution in [0.5, 0.6) is 0 Å². The Bertz CT molecular complexity index is 621. The van der Waals surface area contributed by atoms with Gasteiger partial charge in [0.1, 0.15) is 5.01 Å². The van der Waals surface area contributed by atoms with E-state index in [0.29, 0.717) is 11.3 Å². The number of nitrogens with one attached hydrogen (secondary N) is 1. The van der Waals surface area contributed by atoms with Crippen molar-refractivity contribution in [3.63, 3.8) is 0 Å². The van der Waals surface area contributed by atoms with E-state index in [4.69, 9.17) is 5.73 Å². The predicted octanol–water partition coefficient (Wildman–Crippen LogP) is 3.22. The van der Waals surface area contributed by atoms with Crippen LogP contribution in [0.25, 0.3) is 0 Å². The van der Waals surface area contributed by atoms with Gasteiger partial charge in [0.05, 0.1) is 6.04 Å². The van der Waals surface area contributed by atoms with Crippen molar-refractivity contribution in [1.29, 1.82) is 0 Å². The minimum Gasteiger partial charge on any atom is -0.399 e. The van der Waals surface area contributed by atoms with Gasteiger partial charge in [-0.05, 0) is 38.0 Å². The number of carbonyl (C=O) groups is 1. The van der Waals surface area contributed by atoms with Crippen molar-refractivity contribution in [2.24, 2.45) is 0 Å². The molecule has 0 saturated carbocycles. The molecule has 1 aromatic heterocycles. The predicted molar refractivity (Wildman–Crippen MR) is 82.9 cm³/mol. The van der Waals surface area contributed by atoms with Crippen molar-refractivity contribution in [2.45, 2.75) is 33.2 Å². The summed E-state index contributed by atoms with van der Waals surface area (Å²) in [6, 6.07) is 5.32. The zero-order valence-electron chi connectivity index (χ0n) is 11.9. The van der Waals surface area contributed by atoms with Crippen LogP contribution >= 0.6 is 11.3 Å². The highest BCUT2D eigenvalue weighted by Crippen LogP contribution is 2.22. The Morgan fingerprint density at radius 2 is 2.20 bits per heavy atom. The largest absolute Gasteiger partial charge is 0.399 e. The number of thiazole rings is 1. The van der Waals surface area contributed by atoms with Crippen LogP contribution in [0.1, 0.15) is 46.0 Å². The van der Waals surface area contributed by atoms with Crippen molar-refractivity contribution in [3.05, 3.63) is 45.4 Å². The van der Waals surface area contributed by atoms with Crippen LogP contribution in [0.4, 0.5) is 5.69 Å². The molecule has 1 unspecified atom stereocenters. The van der Waals surface area contributed by atoms with Gasteiger partial charge in [0.15, 0.2) is 0 Å². The molecule has 0 bridgehead atoms. The highest BCUT2D eigenvalue weighted by atomic mass is 32.1. The molecule has 0 aliphatic carbocycles. The van der Waals surface area contributed by atoms with Crippen molar-refractivity contribution in [1.82, 2.24) is 10.3 Å². The van der Waals surface area contributed by atoms with E-state index in [2.05, 4.69) is 10.3 Å². The van der Waals surface area contributed by atoms with Crippen LogP contribution in [-0.2, 0) is 0 Å². The fourth-order valence-corrected chi connectivity index (χ4v) is 2.92. The van der Waals surface area contributed by atoms with Crippen LogP contribution in [0.2, 0.25) is 0 Å². The van der Waals surface area contributed by atoms with Crippen LogP contribution in [-0.4, -0.2) is 10.9 Å². The number of nitrogens with zero attached hydrogens (tertiary/aromatic N) is 1. The second-order valence-corrected chi connectivity index (χ2v) is 5.73. The molecule has 20 heavy (non-hydrogen) atoms. The number of carbonyl (C=O) groups excluding carboxylic acids is 1. The summed E-state index contributed by atoms with van der Waals surface area (Å²) < 4.78 is 0. The first-order valence-electron chi connectivity index (χ1n) is 6.60. The molecule has 0 spiro atoms. The number of amides is 1. The lowest BCUT2D eigenvalue weighted by atomic mass is 10.1. The molecule has 1 amide bonds. The average molecular weight is 289 g/mol.